The number of benzene rings is 1. The molecule has 0 spiro atoms. The Morgan fingerprint density at radius 3 is 2.54 bits per heavy atom. The van der Waals surface area contributed by atoms with Crippen molar-refractivity contribution >= 4 is 38.8 Å². The third kappa shape index (κ3) is 7.37. The first-order chi connectivity index (χ1) is 13.5. The van der Waals surface area contributed by atoms with Crippen molar-refractivity contribution in [2.75, 3.05) is 19.6 Å². The van der Waals surface area contributed by atoms with E-state index < -0.39 is 11.3 Å². The smallest absolute Gasteiger partial charge is 0.0409 e. The molecule has 0 amide bonds. The largest absolute Gasteiger partial charge is 0.760 e. The van der Waals surface area contributed by atoms with Gasteiger partial charge >= 0.3 is 0 Å². The summed E-state index contributed by atoms with van der Waals surface area (Å²) in [5.74, 6) is 1.52. The fraction of sp³-hybridized carbons (Fsp3) is 0.714. The van der Waals surface area contributed by atoms with Gasteiger partial charge in [-0.05, 0) is 113 Å². The molecule has 1 unspecified atom stereocenters. The van der Waals surface area contributed by atoms with E-state index in [4.69, 9.17) is 11.6 Å². The van der Waals surface area contributed by atoms with E-state index in [9.17, 15) is 8.76 Å². The standard InChI is InChI=1S/C21H32BrClN2O2S/c22-21-8-5-19(23)15-18(21)14-17-9-12-25(13-10-17)11-1-2-16-3-6-20(7-4-16)24-28(26)27/h5,8,15-17,20,24H,1-4,6-7,9-14H2,(H,26,27)/p-1. The maximum absolute atomic E-state index is 10.7. The van der Waals surface area contributed by atoms with Gasteiger partial charge in [-0.25, -0.2) is 4.72 Å². The second-order valence-electron chi connectivity index (χ2n) is 8.44. The van der Waals surface area contributed by atoms with E-state index in [1.165, 1.54) is 55.4 Å². The van der Waals surface area contributed by atoms with Gasteiger partial charge in [0, 0.05) is 26.8 Å². The van der Waals surface area contributed by atoms with Gasteiger partial charge in [0.25, 0.3) is 0 Å². The highest BCUT2D eigenvalue weighted by Crippen LogP contribution is 2.30. The molecule has 1 heterocycles. The molecule has 7 heteroatoms. The van der Waals surface area contributed by atoms with Gasteiger partial charge in [0.15, 0.2) is 0 Å². The summed E-state index contributed by atoms with van der Waals surface area (Å²) in [6, 6.07) is 6.24. The Bertz CT molecular complexity index is 647. The van der Waals surface area contributed by atoms with Gasteiger partial charge in [-0.15, -0.1) is 0 Å². The fourth-order valence-corrected chi connectivity index (χ4v) is 5.84. The first kappa shape index (κ1) is 22.7. The lowest BCUT2D eigenvalue weighted by Crippen LogP contribution is -2.36. The van der Waals surface area contributed by atoms with Crippen molar-refractivity contribution in [3.63, 3.8) is 0 Å². The van der Waals surface area contributed by atoms with Gasteiger partial charge in [0.05, 0.1) is 0 Å². The van der Waals surface area contributed by atoms with Crippen LogP contribution in [0.3, 0.4) is 0 Å². The van der Waals surface area contributed by atoms with Crippen LogP contribution in [-0.2, 0) is 17.7 Å². The number of piperidine rings is 1. The summed E-state index contributed by atoms with van der Waals surface area (Å²) in [5, 5.41) is 0.821. The third-order valence-corrected chi connectivity index (χ3v) is 7.95. The second-order valence-corrected chi connectivity index (χ2v) is 10.4. The molecule has 1 N–H and O–H groups in total. The zero-order valence-electron chi connectivity index (χ0n) is 16.4. The second kappa shape index (κ2) is 11.4. The molecular weight excluding hydrogens is 460 g/mol. The third-order valence-electron chi connectivity index (χ3n) is 6.42. The molecule has 1 aromatic rings. The van der Waals surface area contributed by atoms with Crippen LogP contribution in [0.5, 0.6) is 0 Å². The summed E-state index contributed by atoms with van der Waals surface area (Å²) < 4.78 is 25.3. The van der Waals surface area contributed by atoms with Crippen LogP contribution in [-0.4, -0.2) is 39.3 Å². The number of hydrogen-bond acceptors (Lipinski definition) is 3. The molecule has 1 saturated carbocycles. The molecule has 28 heavy (non-hydrogen) atoms. The molecule has 0 bridgehead atoms. The summed E-state index contributed by atoms with van der Waals surface area (Å²) >= 11 is 7.68. The van der Waals surface area contributed by atoms with E-state index in [0.717, 1.165) is 49.0 Å². The van der Waals surface area contributed by atoms with Gasteiger partial charge in [0.2, 0.25) is 0 Å². The SMILES string of the molecule is O=S([O-])NC1CCC(CCCN2CCC(Cc3cc(Cl)ccc3Br)CC2)CC1. The van der Waals surface area contributed by atoms with E-state index in [1.54, 1.807) is 0 Å². The van der Waals surface area contributed by atoms with Crippen molar-refractivity contribution in [3.8, 4) is 0 Å². The Hall–Kier alpha value is 0.0200. The topological polar surface area (TPSA) is 55.4 Å². The fourth-order valence-electron chi connectivity index (χ4n) is 4.73. The van der Waals surface area contributed by atoms with Gasteiger partial charge in [-0.2, -0.15) is 0 Å². The molecule has 3 rings (SSSR count). The predicted molar refractivity (Wildman–Crippen MR) is 119 cm³/mol. The van der Waals surface area contributed by atoms with Crippen molar-refractivity contribution < 1.29 is 8.76 Å². The number of halogens is 2. The highest BCUT2D eigenvalue weighted by Gasteiger charge is 2.23. The predicted octanol–water partition coefficient (Wildman–Crippen LogP) is 5.08. The number of nitrogens with zero attached hydrogens (tertiary/aromatic N) is 1. The minimum absolute atomic E-state index is 0.160. The minimum Gasteiger partial charge on any atom is -0.760 e. The Kier molecular flexibility index (Phi) is 9.26. The Morgan fingerprint density at radius 2 is 1.86 bits per heavy atom. The van der Waals surface area contributed by atoms with Crippen molar-refractivity contribution in [2.45, 2.75) is 63.8 Å². The van der Waals surface area contributed by atoms with E-state index in [-0.39, 0.29) is 6.04 Å². The van der Waals surface area contributed by atoms with Crippen molar-refractivity contribution in [3.05, 3.63) is 33.3 Å². The maximum Gasteiger partial charge on any atom is 0.0409 e. The Balaban J connectivity index is 1.30. The number of likely N-dealkylation sites (tertiary alicyclic amines) is 1. The average Bonchev–Trinajstić information content (AvgIpc) is 2.67. The molecule has 1 atom stereocenters. The molecule has 1 aliphatic heterocycles. The molecule has 1 saturated heterocycles. The summed E-state index contributed by atoms with van der Waals surface area (Å²) in [7, 11) is 0. The van der Waals surface area contributed by atoms with E-state index in [0.29, 0.717) is 0 Å². The van der Waals surface area contributed by atoms with Crippen LogP contribution >= 0.6 is 27.5 Å². The van der Waals surface area contributed by atoms with Crippen LogP contribution < -0.4 is 4.72 Å². The molecular formula is C21H31BrClN2O2S-. The van der Waals surface area contributed by atoms with Crippen molar-refractivity contribution in [2.24, 2.45) is 11.8 Å². The van der Waals surface area contributed by atoms with Gasteiger partial charge in [-0.1, -0.05) is 27.5 Å². The molecule has 1 aromatic carbocycles. The normalized spacial score (nSPS) is 25.7. The Labute approximate surface area is 185 Å². The lowest BCUT2D eigenvalue weighted by Gasteiger charge is -2.33. The monoisotopic (exact) mass is 489 g/mol. The van der Waals surface area contributed by atoms with Crippen LogP contribution in [0.1, 0.15) is 56.9 Å². The first-order valence-electron chi connectivity index (χ1n) is 10.5. The van der Waals surface area contributed by atoms with Crippen LogP contribution in [0.25, 0.3) is 0 Å². The van der Waals surface area contributed by atoms with Gasteiger partial charge in [-0.3, -0.25) is 4.21 Å². The summed E-state index contributed by atoms with van der Waals surface area (Å²) in [6.07, 6.45) is 10.5. The van der Waals surface area contributed by atoms with E-state index in [1.807, 2.05) is 6.07 Å². The highest BCUT2D eigenvalue weighted by atomic mass is 79.9. The molecule has 4 nitrogen and oxygen atoms in total. The van der Waals surface area contributed by atoms with Crippen LogP contribution in [0, 0.1) is 11.8 Å². The molecule has 2 aliphatic rings. The van der Waals surface area contributed by atoms with Crippen LogP contribution in [0.15, 0.2) is 22.7 Å². The number of hydrogen-bond donors (Lipinski definition) is 1. The van der Waals surface area contributed by atoms with Crippen LogP contribution in [0.4, 0.5) is 0 Å². The minimum atomic E-state index is -2.12. The Morgan fingerprint density at radius 1 is 1.14 bits per heavy atom. The highest BCUT2D eigenvalue weighted by molar-refractivity contribution is 9.10. The molecule has 1 aliphatic carbocycles. The summed E-state index contributed by atoms with van der Waals surface area (Å²) in [6.45, 7) is 3.61. The zero-order chi connectivity index (χ0) is 19.9. The molecule has 0 radical (unpaired) electrons. The van der Waals surface area contributed by atoms with E-state index in [2.05, 4.69) is 37.7 Å². The summed E-state index contributed by atoms with van der Waals surface area (Å²) in [5.41, 5.74) is 1.33. The maximum atomic E-state index is 10.7. The summed E-state index contributed by atoms with van der Waals surface area (Å²) in [4.78, 5) is 2.62. The number of rotatable bonds is 8. The molecule has 2 fully saturated rings. The lowest BCUT2D eigenvalue weighted by atomic mass is 9.83. The lowest BCUT2D eigenvalue weighted by molar-refractivity contribution is 0.175. The first-order valence-corrected chi connectivity index (χ1v) is 12.8. The average molecular weight is 491 g/mol. The number of nitrogens with one attached hydrogen (secondary N) is 1. The van der Waals surface area contributed by atoms with Gasteiger partial charge < -0.3 is 9.45 Å². The quantitative estimate of drug-likeness (QED) is 0.517. The van der Waals surface area contributed by atoms with Crippen molar-refractivity contribution in [1.82, 2.24) is 9.62 Å². The zero-order valence-corrected chi connectivity index (χ0v) is 19.5. The van der Waals surface area contributed by atoms with Crippen molar-refractivity contribution in [1.29, 1.82) is 0 Å². The van der Waals surface area contributed by atoms with Gasteiger partial charge in [0.1, 0.15) is 0 Å². The molecule has 0 aromatic heterocycles. The van der Waals surface area contributed by atoms with Crippen LogP contribution in [0.2, 0.25) is 5.02 Å². The molecule has 158 valence electrons. The van der Waals surface area contributed by atoms with E-state index >= 15 is 0 Å².